The Kier molecular flexibility index (Phi) is 5.55. The average molecular weight is 338 g/mol. The zero-order valence-electron chi connectivity index (χ0n) is 12.9. The van der Waals surface area contributed by atoms with Gasteiger partial charge in [-0.15, -0.1) is 23.5 Å². The fourth-order valence-corrected chi connectivity index (χ4v) is 5.42. The van der Waals surface area contributed by atoms with Crippen molar-refractivity contribution in [2.75, 3.05) is 51.3 Å². The molecule has 2 aliphatic rings. The minimum atomic E-state index is 0.0825. The number of ether oxygens (including phenoxy) is 1. The Bertz CT molecular complexity index is 495. The maximum atomic E-state index is 12.1. The van der Waals surface area contributed by atoms with Gasteiger partial charge in [-0.25, -0.2) is 0 Å². The number of hydrogen-bond acceptors (Lipinski definition) is 5. The molecule has 0 unspecified atom stereocenters. The number of amides is 1. The predicted octanol–water partition coefficient (Wildman–Crippen LogP) is 2.32. The summed E-state index contributed by atoms with van der Waals surface area (Å²) in [6, 6.07) is 8.19. The van der Waals surface area contributed by atoms with Crippen LogP contribution in [0.3, 0.4) is 0 Å². The second-order valence-electron chi connectivity index (χ2n) is 5.62. The van der Waals surface area contributed by atoms with Crippen LogP contribution in [0.4, 0.5) is 0 Å². The standard InChI is InChI=1S/C16H22N2O2S2/c1-17-6-8-18(9-7-17)15(19)12-20-14-4-2-13(3-5-14)16-21-10-11-22-16/h2-5,16H,6-12H2,1H3. The Morgan fingerprint density at radius 1 is 1.14 bits per heavy atom. The van der Waals surface area contributed by atoms with Crippen LogP contribution in [0.5, 0.6) is 5.75 Å². The van der Waals surface area contributed by atoms with Crippen LogP contribution in [0, 0.1) is 0 Å². The number of carbonyl (C=O) groups excluding carboxylic acids is 1. The highest BCUT2D eigenvalue weighted by atomic mass is 32.2. The van der Waals surface area contributed by atoms with Crippen molar-refractivity contribution in [1.82, 2.24) is 9.80 Å². The van der Waals surface area contributed by atoms with Crippen LogP contribution < -0.4 is 4.74 Å². The topological polar surface area (TPSA) is 32.8 Å². The first-order chi connectivity index (χ1) is 10.7. The summed E-state index contributed by atoms with van der Waals surface area (Å²) in [5, 5.41) is 0. The van der Waals surface area contributed by atoms with Gasteiger partial charge in [-0.1, -0.05) is 12.1 Å². The van der Waals surface area contributed by atoms with Crippen LogP contribution in [0.25, 0.3) is 0 Å². The molecule has 0 aromatic heterocycles. The van der Waals surface area contributed by atoms with Gasteiger partial charge in [-0.3, -0.25) is 4.79 Å². The first kappa shape index (κ1) is 16.0. The van der Waals surface area contributed by atoms with E-state index in [9.17, 15) is 4.79 Å². The van der Waals surface area contributed by atoms with Crippen molar-refractivity contribution in [2.45, 2.75) is 4.58 Å². The van der Waals surface area contributed by atoms with E-state index in [2.05, 4.69) is 24.1 Å². The molecule has 2 aliphatic heterocycles. The van der Waals surface area contributed by atoms with Crippen LogP contribution >= 0.6 is 23.5 Å². The van der Waals surface area contributed by atoms with Gasteiger partial charge in [-0.2, -0.15) is 0 Å². The summed E-state index contributed by atoms with van der Waals surface area (Å²) in [4.78, 5) is 16.3. The summed E-state index contributed by atoms with van der Waals surface area (Å²) in [5.41, 5.74) is 1.34. The van der Waals surface area contributed by atoms with Crippen molar-refractivity contribution in [3.8, 4) is 5.75 Å². The number of piperazine rings is 1. The molecule has 4 nitrogen and oxygen atoms in total. The number of rotatable bonds is 4. The van der Waals surface area contributed by atoms with E-state index in [-0.39, 0.29) is 12.5 Å². The lowest BCUT2D eigenvalue weighted by Crippen LogP contribution is -2.48. The summed E-state index contributed by atoms with van der Waals surface area (Å²) >= 11 is 3.99. The first-order valence-electron chi connectivity index (χ1n) is 7.65. The Morgan fingerprint density at radius 3 is 2.41 bits per heavy atom. The summed E-state index contributed by atoms with van der Waals surface area (Å²) < 4.78 is 6.20. The molecule has 120 valence electrons. The zero-order chi connectivity index (χ0) is 15.4. The molecule has 0 N–H and O–H groups in total. The minimum Gasteiger partial charge on any atom is -0.484 e. The summed E-state index contributed by atoms with van der Waals surface area (Å²) in [7, 11) is 2.08. The van der Waals surface area contributed by atoms with E-state index < -0.39 is 0 Å². The van der Waals surface area contributed by atoms with Crippen LogP contribution in [0.15, 0.2) is 24.3 Å². The lowest BCUT2D eigenvalue weighted by molar-refractivity contribution is -0.134. The second kappa shape index (κ2) is 7.62. The molecule has 2 saturated heterocycles. The molecule has 3 rings (SSSR count). The van der Waals surface area contributed by atoms with E-state index in [1.807, 2.05) is 40.6 Å². The van der Waals surface area contributed by atoms with Gasteiger partial charge >= 0.3 is 0 Å². The van der Waals surface area contributed by atoms with Crippen LogP contribution in [-0.2, 0) is 4.79 Å². The van der Waals surface area contributed by atoms with Crippen molar-refractivity contribution in [1.29, 1.82) is 0 Å². The van der Waals surface area contributed by atoms with E-state index in [4.69, 9.17) is 4.74 Å². The van der Waals surface area contributed by atoms with Gasteiger partial charge in [0.2, 0.25) is 0 Å². The quantitative estimate of drug-likeness (QED) is 0.841. The Balaban J connectivity index is 1.47. The Labute approximate surface area is 140 Å². The second-order valence-corrected chi connectivity index (χ2v) is 8.34. The van der Waals surface area contributed by atoms with Gasteiger partial charge in [0.15, 0.2) is 6.61 Å². The molecule has 6 heteroatoms. The summed E-state index contributed by atoms with van der Waals surface area (Å²) in [6.45, 7) is 3.62. The zero-order valence-corrected chi connectivity index (χ0v) is 14.5. The normalized spacial score (nSPS) is 20.3. The highest BCUT2D eigenvalue weighted by Crippen LogP contribution is 2.45. The van der Waals surface area contributed by atoms with Crippen molar-refractivity contribution >= 4 is 29.4 Å². The van der Waals surface area contributed by atoms with Crippen molar-refractivity contribution < 1.29 is 9.53 Å². The predicted molar refractivity (Wildman–Crippen MR) is 93.7 cm³/mol. The fraction of sp³-hybridized carbons (Fsp3) is 0.562. The van der Waals surface area contributed by atoms with Gasteiger partial charge in [0.1, 0.15) is 5.75 Å². The highest BCUT2D eigenvalue weighted by molar-refractivity contribution is 8.19. The van der Waals surface area contributed by atoms with E-state index in [0.29, 0.717) is 4.58 Å². The van der Waals surface area contributed by atoms with Crippen LogP contribution in [-0.4, -0.2) is 67.0 Å². The summed E-state index contributed by atoms with van der Waals surface area (Å²) in [5.74, 6) is 3.32. The Morgan fingerprint density at radius 2 is 1.77 bits per heavy atom. The minimum absolute atomic E-state index is 0.0825. The number of nitrogens with zero attached hydrogens (tertiary/aromatic N) is 2. The third kappa shape index (κ3) is 4.12. The average Bonchev–Trinajstić information content (AvgIpc) is 3.08. The Hall–Kier alpha value is -0.850. The maximum Gasteiger partial charge on any atom is 0.260 e. The number of likely N-dealkylation sites (N-methyl/N-ethyl adjacent to an activating group) is 1. The molecule has 0 spiro atoms. The van der Waals surface area contributed by atoms with E-state index >= 15 is 0 Å². The molecule has 2 heterocycles. The highest BCUT2D eigenvalue weighted by Gasteiger charge is 2.20. The summed E-state index contributed by atoms with van der Waals surface area (Å²) in [6.07, 6.45) is 0. The molecule has 1 amide bonds. The van der Waals surface area contributed by atoms with Crippen molar-refractivity contribution in [3.05, 3.63) is 29.8 Å². The van der Waals surface area contributed by atoms with E-state index in [1.165, 1.54) is 17.1 Å². The molecular formula is C16H22N2O2S2. The van der Waals surface area contributed by atoms with Crippen molar-refractivity contribution in [2.24, 2.45) is 0 Å². The molecule has 0 bridgehead atoms. The van der Waals surface area contributed by atoms with Gasteiger partial charge in [-0.05, 0) is 24.7 Å². The van der Waals surface area contributed by atoms with Crippen molar-refractivity contribution in [3.63, 3.8) is 0 Å². The van der Waals surface area contributed by atoms with Gasteiger partial charge < -0.3 is 14.5 Å². The SMILES string of the molecule is CN1CCN(C(=O)COc2ccc(C3SCCS3)cc2)CC1. The smallest absolute Gasteiger partial charge is 0.260 e. The van der Waals surface area contributed by atoms with Gasteiger partial charge in [0, 0.05) is 37.7 Å². The third-order valence-electron chi connectivity index (χ3n) is 3.99. The molecule has 22 heavy (non-hydrogen) atoms. The first-order valence-corrected chi connectivity index (χ1v) is 9.74. The maximum absolute atomic E-state index is 12.1. The number of benzene rings is 1. The molecule has 0 atom stereocenters. The van der Waals surface area contributed by atoms with Gasteiger partial charge in [0.25, 0.3) is 5.91 Å². The van der Waals surface area contributed by atoms with E-state index in [0.717, 1.165) is 31.9 Å². The molecule has 0 saturated carbocycles. The van der Waals surface area contributed by atoms with E-state index in [1.54, 1.807) is 0 Å². The fourth-order valence-electron chi connectivity index (χ4n) is 2.56. The molecule has 0 aliphatic carbocycles. The third-order valence-corrected chi connectivity index (χ3v) is 7.10. The number of carbonyl (C=O) groups is 1. The van der Waals surface area contributed by atoms with Crippen LogP contribution in [0.2, 0.25) is 0 Å². The lowest BCUT2D eigenvalue weighted by Gasteiger charge is -2.32. The molecular weight excluding hydrogens is 316 g/mol. The lowest BCUT2D eigenvalue weighted by atomic mass is 10.2. The largest absolute Gasteiger partial charge is 0.484 e. The molecule has 2 fully saturated rings. The number of hydrogen-bond donors (Lipinski definition) is 0. The number of thioether (sulfide) groups is 2. The van der Waals surface area contributed by atoms with Crippen LogP contribution in [0.1, 0.15) is 10.1 Å². The molecule has 1 aromatic rings. The monoisotopic (exact) mass is 338 g/mol. The van der Waals surface area contributed by atoms with Gasteiger partial charge in [0.05, 0.1) is 4.58 Å². The molecule has 1 aromatic carbocycles. The molecule has 0 radical (unpaired) electrons.